The van der Waals surface area contributed by atoms with Gasteiger partial charge in [0.1, 0.15) is 5.69 Å². The second-order valence-corrected chi connectivity index (χ2v) is 18.8. The van der Waals surface area contributed by atoms with E-state index in [4.69, 9.17) is 14.0 Å². The Morgan fingerprint density at radius 1 is 0.296 bits per heavy atom. The average Bonchev–Trinajstić information content (AvgIpc) is 3.35. The zero-order chi connectivity index (χ0) is 52.0. The Balaban J connectivity index is 1.73. The normalized spacial score (nSPS) is 11.5. The maximum Gasteiger partial charge on any atom is 0.864 e. The van der Waals surface area contributed by atoms with Gasteiger partial charge in [0.2, 0.25) is 23.3 Å². The van der Waals surface area contributed by atoms with Crippen LogP contribution in [0.4, 0.5) is 58.4 Å². The number of unbranched alkanes of at least 4 members (excludes halogenated alkanes) is 30. The van der Waals surface area contributed by atoms with E-state index in [0.29, 0.717) is 25.7 Å². The number of nitrogens with zero attached hydrogens (tertiary/aromatic N) is 1. The highest BCUT2D eigenvalue weighted by Crippen LogP contribution is 2.38. The van der Waals surface area contributed by atoms with Crippen molar-refractivity contribution in [2.24, 2.45) is 0 Å². The Hall–Kier alpha value is -3.92. The van der Waals surface area contributed by atoms with Gasteiger partial charge in [0.15, 0.2) is 63.8 Å². The van der Waals surface area contributed by atoms with Crippen LogP contribution in [0.5, 0.6) is 17.2 Å². The molecule has 0 atom stereocenters. The van der Waals surface area contributed by atoms with Crippen molar-refractivity contribution in [3.8, 4) is 17.2 Å². The quantitative estimate of drug-likeness (QED) is 0.0186. The average molecular weight is 1030 g/mol. The van der Waals surface area contributed by atoms with Crippen LogP contribution in [-0.2, 0) is 0 Å². The van der Waals surface area contributed by atoms with Gasteiger partial charge < -0.3 is 18.9 Å². The molecule has 0 N–H and O–H groups in total. The third-order valence-electron chi connectivity index (χ3n) is 12.9. The summed E-state index contributed by atoms with van der Waals surface area (Å²) in [6.07, 6.45) is 34.5. The lowest BCUT2D eigenvalue weighted by molar-refractivity contribution is 0.258. The molecule has 0 aliphatic heterocycles. The first-order valence-electron chi connectivity index (χ1n) is 26.5. The van der Waals surface area contributed by atoms with E-state index in [9.17, 15) is 35.1 Å². The van der Waals surface area contributed by atoms with E-state index >= 15 is 17.6 Å². The maximum atomic E-state index is 16.6. The fourth-order valence-corrected chi connectivity index (χ4v) is 8.69. The highest BCUT2D eigenvalue weighted by Gasteiger charge is 2.41. The molecular weight excluding hydrogens is 949 g/mol. The van der Waals surface area contributed by atoms with E-state index in [-0.39, 0.29) is 25.2 Å². The number of anilines is 1. The molecule has 0 radical (unpaired) electrons. The summed E-state index contributed by atoms with van der Waals surface area (Å²) in [5.41, 5.74) is -1.12. The largest absolute Gasteiger partial charge is 0.864 e. The van der Waals surface area contributed by atoms with Gasteiger partial charge in [-0.25, -0.2) is 39.5 Å². The summed E-state index contributed by atoms with van der Waals surface area (Å²) < 4.78 is 193. The van der Waals surface area contributed by atoms with Crippen LogP contribution in [0.3, 0.4) is 0 Å². The highest BCUT2D eigenvalue weighted by molar-refractivity contribution is 6.39. The minimum atomic E-state index is -3.28. The molecule has 0 fully saturated rings. The standard InChI is InChI=1S/C54H76BF12NO3/c1-3-5-7-9-11-13-15-17-19-21-23-25-27-29-31-33-35-68(36-34-32-30-28-26-24-22-20-18-16-14-12-10-8-6-4-2)51-46(63)45(62)49(66)54(50(51)67)71-55(69-52-41(58)37-39(56)43(60)47(52)64)70-53-42(59)38-40(57)44(61)48(53)65/h37-38H,3-36H2,1-2H3. The Morgan fingerprint density at radius 3 is 0.873 bits per heavy atom. The van der Waals surface area contributed by atoms with E-state index in [0.717, 1.165) is 69.1 Å². The first-order chi connectivity index (χ1) is 34.2. The molecular formula is C54H76BF12NO3. The monoisotopic (exact) mass is 1030 g/mol. The van der Waals surface area contributed by atoms with Gasteiger partial charge in [-0.15, -0.1) is 0 Å². The van der Waals surface area contributed by atoms with Crippen molar-refractivity contribution in [1.82, 2.24) is 0 Å². The predicted octanol–water partition coefficient (Wildman–Crippen LogP) is 19.2. The van der Waals surface area contributed by atoms with Crippen molar-refractivity contribution >= 4 is 13.0 Å². The van der Waals surface area contributed by atoms with Crippen molar-refractivity contribution in [3.05, 3.63) is 81.9 Å². The highest BCUT2D eigenvalue weighted by atomic mass is 19.2. The first kappa shape index (κ1) is 61.4. The van der Waals surface area contributed by atoms with E-state index in [1.165, 1.54) is 116 Å². The van der Waals surface area contributed by atoms with Crippen molar-refractivity contribution in [2.75, 3.05) is 18.0 Å². The molecule has 0 unspecified atom stereocenters. The SMILES string of the molecule is CCCCCCCCCCCCCCCCCCN(CCCCCCCCCCCCCCCCCC)c1c(F)c(F)c(F)c(OB(Oc2c(F)cc(F)c(F)c2F)Oc2c(F)cc(F)c(F)c2F)c1F. The lowest BCUT2D eigenvalue weighted by Gasteiger charge is -2.27. The van der Waals surface area contributed by atoms with Crippen molar-refractivity contribution in [3.63, 3.8) is 0 Å². The number of benzene rings is 3. The fourth-order valence-electron chi connectivity index (χ4n) is 8.69. The molecule has 0 heterocycles. The van der Waals surface area contributed by atoms with Crippen LogP contribution in [-0.4, -0.2) is 20.4 Å². The lowest BCUT2D eigenvalue weighted by Crippen LogP contribution is -2.39. The molecule has 71 heavy (non-hydrogen) atoms. The van der Waals surface area contributed by atoms with E-state index < -0.39 is 100 Å². The van der Waals surface area contributed by atoms with Crippen LogP contribution in [0.15, 0.2) is 12.1 Å². The van der Waals surface area contributed by atoms with Gasteiger partial charge in [0.05, 0.1) is 0 Å². The Bertz CT molecular complexity index is 1880. The number of halogens is 12. The number of hydrogen-bond acceptors (Lipinski definition) is 4. The third kappa shape index (κ3) is 21.6. The maximum absolute atomic E-state index is 16.6. The summed E-state index contributed by atoms with van der Waals surface area (Å²) in [4.78, 5) is 1.16. The van der Waals surface area contributed by atoms with Crippen LogP contribution >= 0.6 is 0 Å². The Kier molecular flexibility index (Phi) is 30.5. The number of rotatable bonds is 41. The molecule has 3 rings (SSSR count). The van der Waals surface area contributed by atoms with Gasteiger partial charge in [-0.05, 0) is 12.8 Å². The summed E-state index contributed by atoms with van der Waals surface area (Å²) in [6, 6.07) is -0.481. The van der Waals surface area contributed by atoms with Crippen LogP contribution in [0.1, 0.15) is 219 Å². The molecule has 0 aliphatic carbocycles. The molecule has 402 valence electrons. The number of hydrogen-bond donors (Lipinski definition) is 0. The van der Waals surface area contributed by atoms with E-state index in [1.807, 2.05) is 0 Å². The summed E-state index contributed by atoms with van der Waals surface area (Å²) in [6.45, 7) is 4.33. The second-order valence-electron chi connectivity index (χ2n) is 18.8. The van der Waals surface area contributed by atoms with Crippen LogP contribution in [0.2, 0.25) is 0 Å². The fraction of sp³-hybridized carbons (Fsp3) is 0.667. The van der Waals surface area contributed by atoms with Gasteiger partial charge in [0.25, 0.3) is 0 Å². The minimum Gasteiger partial charge on any atom is -0.484 e. The van der Waals surface area contributed by atoms with Gasteiger partial charge in [0, 0.05) is 25.2 Å². The molecule has 3 aromatic rings. The van der Waals surface area contributed by atoms with Gasteiger partial charge in [-0.2, -0.15) is 13.2 Å². The Morgan fingerprint density at radius 2 is 0.563 bits per heavy atom. The summed E-state index contributed by atoms with van der Waals surface area (Å²) in [7, 11) is -3.28. The summed E-state index contributed by atoms with van der Waals surface area (Å²) in [5, 5.41) is 0. The molecule has 0 aromatic heterocycles. The predicted molar refractivity (Wildman–Crippen MR) is 258 cm³/mol. The topological polar surface area (TPSA) is 30.9 Å². The Labute approximate surface area is 415 Å². The van der Waals surface area contributed by atoms with Gasteiger partial charge >= 0.3 is 7.32 Å². The molecule has 0 amide bonds. The zero-order valence-corrected chi connectivity index (χ0v) is 42.0. The molecule has 0 bridgehead atoms. The molecule has 3 aromatic carbocycles. The van der Waals surface area contributed by atoms with Crippen LogP contribution in [0.25, 0.3) is 0 Å². The third-order valence-corrected chi connectivity index (χ3v) is 12.9. The lowest BCUT2D eigenvalue weighted by atomic mass is 10.0. The first-order valence-corrected chi connectivity index (χ1v) is 26.5. The molecule has 4 nitrogen and oxygen atoms in total. The van der Waals surface area contributed by atoms with E-state index in [2.05, 4.69) is 13.8 Å². The molecule has 0 saturated heterocycles. The van der Waals surface area contributed by atoms with Gasteiger partial charge in [-0.1, -0.05) is 206 Å². The van der Waals surface area contributed by atoms with Crippen molar-refractivity contribution in [1.29, 1.82) is 0 Å². The zero-order valence-electron chi connectivity index (χ0n) is 42.0. The molecule has 0 aliphatic rings. The smallest absolute Gasteiger partial charge is 0.484 e. The van der Waals surface area contributed by atoms with Crippen LogP contribution in [0, 0.1) is 69.8 Å². The molecule has 17 heteroatoms. The van der Waals surface area contributed by atoms with Crippen molar-refractivity contribution < 1.29 is 66.6 Å². The van der Waals surface area contributed by atoms with Gasteiger partial charge in [-0.3, -0.25) is 0 Å². The van der Waals surface area contributed by atoms with Crippen molar-refractivity contribution in [2.45, 2.75) is 219 Å². The van der Waals surface area contributed by atoms with E-state index in [1.54, 1.807) is 0 Å². The second kappa shape index (κ2) is 35.3. The molecule has 0 saturated carbocycles. The van der Waals surface area contributed by atoms with Crippen LogP contribution < -0.4 is 18.9 Å². The molecule has 0 spiro atoms. The minimum absolute atomic E-state index is 0.0392. The summed E-state index contributed by atoms with van der Waals surface area (Å²) >= 11 is 0. The summed E-state index contributed by atoms with van der Waals surface area (Å²) in [5.74, 6) is -32.1.